The largest absolute Gasteiger partial charge is 0.323 e. The van der Waals surface area contributed by atoms with Gasteiger partial charge >= 0.3 is 0 Å². The summed E-state index contributed by atoms with van der Waals surface area (Å²) < 4.78 is 0. The first kappa shape index (κ1) is 23.1. The quantitative estimate of drug-likeness (QED) is 0.308. The van der Waals surface area contributed by atoms with Crippen LogP contribution in [-0.2, 0) is 11.2 Å². The predicted octanol–water partition coefficient (Wildman–Crippen LogP) is 7.94. The number of nitrogens with one attached hydrogen (secondary N) is 1. The van der Waals surface area contributed by atoms with Crippen molar-refractivity contribution >= 4 is 11.6 Å². The minimum atomic E-state index is -0.149. The summed E-state index contributed by atoms with van der Waals surface area (Å²) >= 11 is 0. The molecule has 0 aliphatic heterocycles. The van der Waals surface area contributed by atoms with E-state index in [0.717, 1.165) is 35.8 Å². The lowest BCUT2D eigenvalue weighted by molar-refractivity contribution is -0.111. The van der Waals surface area contributed by atoms with Gasteiger partial charge in [-0.15, -0.1) is 0 Å². The summed E-state index contributed by atoms with van der Waals surface area (Å²) in [6.07, 6.45) is 21.4. The molecule has 2 saturated carbocycles. The molecular weight excluding hydrogens is 366 g/mol. The van der Waals surface area contributed by atoms with E-state index in [0.29, 0.717) is 0 Å². The van der Waals surface area contributed by atoms with Gasteiger partial charge in [0.05, 0.1) is 0 Å². The molecule has 0 aromatic heterocycles. The predicted molar refractivity (Wildman–Crippen MR) is 129 cm³/mol. The Morgan fingerprint density at radius 1 is 0.900 bits per heavy atom. The van der Waals surface area contributed by atoms with Crippen molar-refractivity contribution in [3.8, 4) is 0 Å². The van der Waals surface area contributed by atoms with Crippen LogP contribution in [0.2, 0.25) is 0 Å². The molecule has 1 amide bonds. The van der Waals surface area contributed by atoms with Crippen molar-refractivity contribution in [1.82, 2.24) is 0 Å². The maximum absolute atomic E-state index is 11.4. The van der Waals surface area contributed by atoms with Crippen molar-refractivity contribution in [2.75, 3.05) is 5.32 Å². The summed E-state index contributed by atoms with van der Waals surface area (Å²) in [6, 6.07) is 8.32. The lowest BCUT2D eigenvalue weighted by Gasteiger charge is -2.38. The van der Waals surface area contributed by atoms with Gasteiger partial charge in [-0.25, -0.2) is 0 Å². The lowest BCUT2D eigenvalue weighted by Crippen LogP contribution is -2.26. The molecule has 2 nitrogen and oxygen atoms in total. The van der Waals surface area contributed by atoms with Crippen LogP contribution in [0.5, 0.6) is 0 Å². The summed E-state index contributed by atoms with van der Waals surface area (Å²) in [6.45, 7) is 5.81. The van der Waals surface area contributed by atoms with E-state index in [1.165, 1.54) is 95.1 Å². The van der Waals surface area contributed by atoms with E-state index >= 15 is 0 Å². The van der Waals surface area contributed by atoms with Crippen molar-refractivity contribution in [1.29, 1.82) is 0 Å². The fourth-order valence-corrected chi connectivity index (χ4v) is 5.90. The van der Waals surface area contributed by atoms with Gasteiger partial charge < -0.3 is 5.32 Å². The van der Waals surface area contributed by atoms with Crippen LogP contribution in [0.3, 0.4) is 0 Å². The normalized spacial score (nSPS) is 26.8. The Labute approximate surface area is 184 Å². The molecular formula is C28H43NO. The molecule has 1 aromatic carbocycles. The molecule has 30 heavy (non-hydrogen) atoms. The van der Waals surface area contributed by atoms with Crippen molar-refractivity contribution in [3.63, 3.8) is 0 Å². The van der Waals surface area contributed by atoms with Crippen LogP contribution in [0.15, 0.2) is 36.9 Å². The van der Waals surface area contributed by atoms with Gasteiger partial charge in [0, 0.05) is 5.69 Å². The highest BCUT2D eigenvalue weighted by atomic mass is 16.1. The number of rotatable bonds is 10. The number of aryl methyl sites for hydroxylation is 1. The second-order valence-corrected chi connectivity index (χ2v) is 9.99. The molecule has 0 atom stereocenters. The average molecular weight is 410 g/mol. The third-order valence-corrected chi connectivity index (χ3v) is 7.91. The number of unbranched alkanes of at least 4 members (excludes halogenated alkanes) is 2. The highest BCUT2D eigenvalue weighted by Gasteiger charge is 2.30. The van der Waals surface area contributed by atoms with Gasteiger partial charge in [-0.2, -0.15) is 0 Å². The van der Waals surface area contributed by atoms with Crippen LogP contribution in [0.1, 0.15) is 96.0 Å². The molecule has 2 fully saturated rings. The SMILES string of the molecule is C=CC(=O)Nc1ccc(CCC2CCC(C3CCC(CCCCC)CC3)CC2)cc1. The summed E-state index contributed by atoms with van der Waals surface area (Å²) in [5, 5.41) is 2.82. The van der Waals surface area contributed by atoms with E-state index in [2.05, 4.69) is 31.0 Å². The number of carbonyl (C=O) groups excluding carboxylic acids is 1. The summed E-state index contributed by atoms with van der Waals surface area (Å²) in [5.41, 5.74) is 2.24. The van der Waals surface area contributed by atoms with Crippen LogP contribution in [-0.4, -0.2) is 5.91 Å². The van der Waals surface area contributed by atoms with E-state index in [-0.39, 0.29) is 5.91 Å². The van der Waals surface area contributed by atoms with Crippen LogP contribution >= 0.6 is 0 Å². The molecule has 2 aliphatic rings. The molecule has 0 saturated heterocycles. The first-order valence-electron chi connectivity index (χ1n) is 12.7. The molecule has 1 aromatic rings. The maximum atomic E-state index is 11.4. The van der Waals surface area contributed by atoms with E-state index in [1.54, 1.807) is 0 Å². The highest BCUT2D eigenvalue weighted by molar-refractivity contribution is 5.98. The molecule has 0 unspecified atom stereocenters. The topological polar surface area (TPSA) is 29.1 Å². The summed E-state index contributed by atoms with van der Waals surface area (Å²) in [4.78, 5) is 11.4. The first-order chi connectivity index (χ1) is 14.7. The van der Waals surface area contributed by atoms with Gasteiger partial charge in [0.2, 0.25) is 5.91 Å². The number of benzene rings is 1. The van der Waals surface area contributed by atoms with Crippen LogP contribution in [0.4, 0.5) is 5.69 Å². The van der Waals surface area contributed by atoms with Crippen molar-refractivity contribution in [3.05, 3.63) is 42.5 Å². The molecule has 166 valence electrons. The molecule has 3 rings (SSSR count). The number of hydrogen-bond acceptors (Lipinski definition) is 1. The Morgan fingerprint density at radius 2 is 1.47 bits per heavy atom. The fraction of sp³-hybridized carbons (Fsp3) is 0.679. The second-order valence-electron chi connectivity index (χ2n) is 9.99. The van der Waals surface area contributed by atoms with Gasteiger partial charge in [0.1, 0.15) is 0 Å². The molecule has 2 aliphatic carbocycles. The zero-order chi connectivity index (χ0) is 21.2. The maximum Gasteiger partial charge on any atom is 0.247 e. The number of hydrogen-bond donors (Lipinski definition) is 1. The van der Waals surface area contributed by atoms with E-state index in [4.69, 9.17) is 0 Å². The summed E-state index contributed by atoms with van der Waals surface area (Å²) in [7, 11) is 0. The van der Waals surface area contributed by atoms with Crippen LogP contribution in [0.25, 0.3) is 0 Å². The van der Waals surface area contributed by atoms with E-state index in [1.807, 2.05) is 12.1 Å². The molecule has 0 radical (unpaired) electrons. The zero-order valence-electron chi connectivity index (χ0n) is 19.2. The molecule has 1 N–H and O–H groups in total. The zero-order valence-corrected chi connectivity index (χ0v) is 19.2. The Hall–Kier alpha value is -1.57. The Kier molecular flexibility index (Phi) is 9.49. The van der Waals surface area contributed by atoms with Gasteiger partial charge in [-0.3, -0.25) is 4.79 Å². The minimum absolute atomic E-state index is 0.149. The molecule has 2 heteroatoms. The molecule has 0 bridgehead atoms. The molecule has 0 heterocycles. The van der Waals surface area contributed by atoms with Crippen molar-refractivity contribution < 1.29 is 4.79 Å². The molecule has 0 spiro atoms. The Bertz CT molecular complexity index is 633. The highest BCUT2D eigenvalue weighted by Crippen LogP contribution is 2.43. The fourth-order valence-electron chi connectivity index (χ4n) is 5.90. The van der Waals surface area contributed by atoms with Gasteiger partial charge in [0.15, 0.2) is 0 Å². The summed E-state index contributed by atoms with van der Waals surface area (Å²) in [5.74, 6) is 3.86. The standard InChI is InChI=1S/C28H43NO/c1-3-5-6-7-22-10-16-25(17-11-22)26-18-12-23(13-19-26)8-9-24-14-20-27(21-15-24)29-28(30)4-2/h4,14-15,20-23,25-26H,2-3,5-13,16-19H2,1H3,(H,29,30). The number of carbonyl (C=O) groups is 1. The Morgan fingerprint density at radius 3 is 2.00 bits per heavy atom. The van der Waals surface area contributed by atoms with E-state index in [9.17, 15) is 4.79 Å². The lowest BCUT2D eigenvalue weighted by atomic mass is 9.68. The van der Waals surface area contributed by atoms with Crippen molar-refractivity contribution in [2.45, 2.75) is 96.8 Å². The average Bonchev–Trinajstić information content (AvgIpc) is 2.79. The van der Waals surface area contributed by atoms with Crippen molar-refractivity contribution in [2.24, 2.45) is 23.7 Å². The minimum Gasteiger partial charge on any atom is -0.323 e. The third-order valence-electron chi connectivity index (χ3n) is 7.91. The van der Waals surface area contributed by atoms with Gasteiger partial charge in [0.25, 0.3) is 0 Å². The van der Waals surface area contributed by atoms with Gasteiger partial charge in [-0.05, 0) is 86.0 Å². The Balaban J connectivity index is 1.32. The third kappa shape index (κ3) is 7.29. The first-order valence-corrected chi connectivity index (χ1v) is 12.7. The van der Waals surface area contributed by atoms with Crippen LogP contribution < -0.4 is 5.32 Å². The van der Waals surface area contributed by atoms with E-state index < -0.39 is 0 Å². The van der Waals surface area contributed by atoms with Crippen LogP contribution in [0, 0.1) is 23.7 Å². The van der Waals surface area contributed by atoms with Gasteiger partial charge in [-0.1, -0.05) is 77.0 Å². The number of anilines is 1. The number of amides is 1. The second kappa shape index (κ2) is 12.3. The monoisotopic (exact) mass is 409 g/mol. The smallest absolute Gasteiger partial charge is 0.247 e.